The maximum atomic E-state index is 4.34. The Bertz CT molecular complexity index is 299. The second-order valence-electron chi connectivity index (χ2n) is 4.62. The van der Waals surface area contributed by atoms with Gasteiger partial charge in [-0.3, -0.25) is 0 Å². The zero-order valence-electron chi connectivity index (χ0n) is 9.53. The summed E-state index contributed by atoms with van der Waals surface area (Å²) in [4.78, 5) is 8.68. The smallest absolute Gasteiger partial charge is 0.222 e. The normalized spacial score (nSPS) is 17.3. The van der Waals surface area contributed by atoms with Crippen LogP contribution in [0.15, 0.2) is 12.4 Å². The van der Waals surface area contributed by atoms with Gasteiger partial charge in [0.15, 0.2) is 0 Å². The molecule has 0 aliphatic heterocycles. The third-order valence-corrected chi connectivity index (χ3v) is 2.92. The quantitative estimate of drug-likeness (QED) is 0.824. The van der Waals surface area contributed by atoms with E-state index in [1.54, 1.807) is 0 Å². The maximum Gasteiger partial charge on any atom is 0.222 e. The first-order valence-electron chi connectivity index (χ1n) is 5.84. The highest BCUT2D eigenvalue weighted by Gasteiger charge is 2.17. The van der Waals surface area contributed by atoms with Crippen LogP contribution >= 0.6 is 0 Å². The van der Waals surface area contributed by atoms with Crippen molar-refractivity contribution in [2.45, 2.75) is 51.5 Å². The fourth-order valence-electron chi connectivity index (χ4n) is 2.14. The van der Waals surface area contributed by atoms with E-state index in [1.165, 1.54) is 31.2 Å². The number of rotatable bonds is 3. The first-order valence-corrected chi connectivity index (χ1v) is 5.84. The van der Waals surface area contributed by atoms with E-state index >= 15 is 0 Å². The molecule has 3 nitrogen and oxygen atoms in total. The minimum atomic E-state index is 0.391. The molecule has 15 heavy (non-hydrogen) atoms. The third kappa shape index (κ3) is 2.67. The predicted molar refractivity (Wildman–Crippen MR) is 62.0 cm³/mol. The Balaban J connectivity index is 2.03. The SMILES string of the molecule is CC(C)Nc1ncc(C2CCCC2)cn1. The standard InChI is InChI=1S/C12H19N3/c1-9(2)15-12-13-7-11(8-14-12)10-5-3-4-6-10/h7-10H,3-6H2,1-2H3,(H,13,14,15). The summed E-state index contributed by atoms with van der Waals surface area (Å²) >= 11 is 0. The van der Waals surface area contributed by atoms with Crippen molar-refractivity contribution in [2.24, 2.45) is 0 Å². The Morgan fingerprint density at radius 2 is 1.80 bits per heavy atom. The molecule has 0 bridgehead atoms. The molecule has 0 unspecified atom stereocenters. The minimum absolute atomic E-state index is 0.391. The van der Waals surface area contributed by atoms with Gasteiger partial charge in [0.05, 0.1) is 0 Å². The molecule has 0 saturated heterocycles. The zero-order valence-corrected chi connectivity index (χ0v) is 9.53. The van der Waals surface area contributed by atoms with E-state index in [0.29, 0.717) is 12.0 Å². The molecule has 1 aliphatic carbocycles. The lowest BCUT2D eigenvalue weighted by Gasteiger charge is -2.11. The number of aromatic nitrogens is 2. The molecule has 1 saturated carbocycles. The molecule has 1 aromatic rings. The lowest BCUT2D eigenvalue weighted by atomic mass is 10.0. The molecular formula is C12H19N3. The molecule has 1 aromatic heterocycles. The average Bonchev–Trinajstić information content (AvgIpc) is 2.71. The number of anilines is 1. The van der Waals surface area contributed by atoms with Crippen molar-refractivity contribution < 1.29 is 0 Å². The van der Waals surface area contributed by atoms with Crippen LogP contribution in [0.25, 0.3) is 0 Å². The van der Waals surface area contributed by atoms with Gasteiger partial charge in [-0.1, -0.05) is 12.8 Å². The van der Waals surface area contributed by atoms with Crippen molar-refractivity contribution >= 4 is 5.95 Å². The van der Waals surface area contributed by atoms with Crippen LogP contribution in [0, 0.1) is 0 Å². The van der Waals surface area contributed by atoms with E-state index in [9.17, 15) is 0 Å². The highest BCUT2D eigenvalue weighted by Crippen LogP contribution is 2.33. The first-order chi connectivity index (χ1) is 7.25. The van der Waals surface area contributed by atoms with Gasteiger partial charge in [0.1, 0.15) is 0 Å². The largest absolute Gasteiger partial charge is 0.352 e. The van der Waals surface area contributed by atoms with Gasteiger partial charge in [-0.2, -0.15) is 0 Å². The molecule has 1 N–H and O–H groups in total. The highest BCUT2D eigenvalue weighted by atomic mass is 15.1. The van der Waals surface area contributed by atoms with Crippen LogP contribution in [-0.2, 0) is 0 Å². The van der Waals surface area contributed by atoms with Crippen molar-refractivity contribution in [1.29, 1.82) is 0 Å². The van der Waals surface area contributed by atoms with Crippen LogP contribution in [-0.4, -0.2) is 16.0 Å². The summed E-state index contributed by atoms with van der Waals surface area (Å²) in [5, 5.41) is 3.20. The molecular weight excluding hydrogens is 186 g/mol. The van der Waals surface area contributed by atoms with E-state index < -0.39 is 0 Å². The summed E-state index contributed by atoms with van der Waals surface area (Å²) in [5.41, 5.74) is 1.31. The van der Waals surface area contributed by atoms with Gasteiger partial charge in [-0.05, 0) is 38.2 Å². The van der Waals surface area contributed by atoms with E-state index in [4.69, 9.17) is 0 Å². The van der Waals surface area contributed by atoms with Gasteiger partial charge >= 0.3 is 0 Å². The average molecular weight is 205 g/mol. The summed E-state index contributed by atoms with van der Waals surface area (Å²) < 4.78 is 0. The fraction of sp³-hybridized carbons (Fsp3) is 0.667. The molecule has 1 heterocycles. The van der Waals surface area contributed by atoms with Crippen LogP contribution in [0.3, 0.4) is 0 Å². The van der Waals surface area contributed by atoms with Gasteiger partial charge in [-0.15, -0.1) is 0 Å². The molecule has 0 spiro atoms. The summed E-state index contributed by atoms with van der Waals surface area (Å²) in [7, 11) is 0. The topological polar surface area (TPSA) is 37.8 Å². The Labute approximate surface area is 91.3 Å². The monoisotopic (exact) mass is 205 g/mol. The van der Waals surface area contributed by atoms with E-state index in [2.05, 4.69) is 29.1 Å². The van der Waals surface area contributed by atoms with E-state index in [1.807, 2.05) is 12.4 Å². The lowest BCUT2D eigenvalue weighted by Crippen LogP contribution is -2.12. The molecule has 0 amide bonds. The van der Waals surface area contributed by atoms with Crippen molar-refractivity contribution in [3.05, 3.63) is 18.0 Å². The van der Waals surface area contributed by atoms with Gasteiger partial charge in [0.25, 0.3) is 0 Å². The molecule has 1 aliphatic rings. The van der Waals surface area contributed by atoms with Crippen molar-refractivity contribution in [2.75, 3.05) is 5.32 Å². The highest BCUT2D eigenvalue weighted by molar-refractivity contribution is 5.27. The van der Waals surface area contributed by atoms with E-state index in [0.717, 1.165) is 5.95 Å². The molecule has 0 atom stereocenters. The van der Waals surface area contributed by atoms with Crippen LogP contribution < -0.4 is 5.32 Å². The molecule has 1 fully saturated rings. The van der Waals surface area contributed by atoms with Crippen LogP contribution in [0.4, 0.5) is 5.95 Å². The Morgan fingerprint density at radius 1 is 1.20 bits per heavy atom. The third-order valence-electron chi connectivity index (χ3n) is 2.92. The van der Waals surface area contributed by atoms with Crippen molar-refractivity contribution in [3.63, 3.8) is 0 Å². The molecule has 3 heteroatoms. The van der Waals surface area contributed by atoms with Gasteiger partial charge in [0, 0.05) is 18.4 Å². The Morgan fingerprint density at radius 3 is 2.33 bits per heavy atom. The zero-order chi connectivity index (χ0) is 10.7. The van der Waals surface area contributed by atoms with Crippen LogP contribution in [0.1, 0.15) is 51.0 Å². The van der Waals surface area contributed by atoms with Gasteiger partial charge in [-0.25, -0.2) is 9.97 Å². The molecule has 0 aromatic carbocycles. The number of nitrogens with zero attached hydrogens (tertiary/aromatic N) is 2. The van der Waals surface area contributed by atoms with Gasteiger partial charge in [0.2, 0.25) is 5.95 Å². The summed E-state index contributed by atoms with van der Waals surface area (Å²) in [5.74, 6) is 1.45. The lowest BCUT2D eigenvalue weighted by molar-refractivity contribution is 0.713. The Kier molecular flexibility index (Phi) is 3.19. The van der Waals surface area contributed by atoms with Crippen molar-refractivity contribution in [1.82, 2.24) is 9.97 Å². The molecule has 82 valence electrons. The maximum absolute atomic E-state index is 4.34. The van der Waals surface area contributed by atoms with Crippen LogP contribution in [0.2, 0.25) is 0 Å². The van der Waals surface area contributed by atoms with Crippen molar-refractivity contribution in [3.8, 4) is 0 Å². The summed E-state index contributed by atoms with van der Waals surface area (Å²) in [6.45, 7) is 4.18. The minimum Gasteiger partial charge on any atom is -0.352 e. The fourth-order valence-corrected chi connectivity index (χ4v) is 2.14. The number of hydrogen-bond acceptors (Lipinski definition) is 3. The Hall–Kier alpha value is -1.12. The second kappa shape index (κ2) is 4.60. The van der Waals surface area contributed by atoms with E-state index in [-0.39, 0.29) is 0 Å². The molecule has 0 radical (unpaired) electrons. The summed E-state index contributed by atoms with van der Waals surface area (Å²) in [6.07, 6.45) is 9.29. The molecule has 2 rings (SSSR count). The van der Waals surface area contributed by atoms with Crippen LogP contribution in [0.5, 0.6) is 0 Å². The summed E-state index contributed by atoms with van der Waals surface area (Å²) in [6, 6.07) is 0.391. The number of nitrogens with one attached hydrogen (secondary N) is 1. The second-order valence-corrected chi connectivity index (χ2v) is 4.62. The number of hydrogen-bond donors (Lipinski definition) is 1. The predicted octanol–water partition coefficient (Wildman–Crippen LogP) is 2.95. The first kappa shape index (κ1) is 10.4. The van der Waals surface area contributed by atoms with Gasteiger partial charge < -0.3 is 5.32 Å².